The van der Waals surface area contributed by atoms with E-state index in [9.17, 15) is 4.79 Å². The molecule has 0 unspecified atom stereocenters. The molecule has 0 spiro atoms. The Hall–Kier alpha value is -2.56. The van der Waals surface area contributed by atoms with Crippen LogP contribution < -0.4 is 10.2 Å². The summed E-state index contributed by atoms with van der Waals surface area (Å²) in [5, 5.41) is 4.00. The van der Waals surface area contributed by atoms with Crippen LogP contribution in [0.4, 0.5) is 0 Å². The predicted molar refractivity (Wildman–Crippen MR) is 85.2 cm³/mol. The number of rotatable bonds is 5. The van der Waals surface area contributed by atoms with Gasteiger partial charge in [0.25, 0.3) is 5.91 Å². The van der Waals surface area contributed by atoms with Crippen LogP contribution in [-0.2, 0) is 4.79 Å². The Morgan fingerprint density at radius 1 is 1.18 bits per heavy atom. The van der Waals surface area contributed by atoms with Crippen LogP contribution >= 0.6 is 0 Å². The molecule has 0 aliphatic carbocycles. The monoisotopic (exact) mass is 300 g/mol. The summed E-state index contributed by atoms with van der Waals surface area (Å²) >= 11 is 0. The van der Waals surface area contributed by atoms with Crippen molar-refractivity contribution >= 4 is 11.6 Å². The Morgan fingerprint density at radius 3 is 2.45 bits per heavy atom. The Balaban J connectivity index is 1.87. The van der Waals surface area contributed by atoms with Gasteiger partial charge in [0.1, 0.15) is 23.0 Å². The van der Waals surface area contributed by atoms with E-state index in [-0.39, 0.29) is 12.5 Å². The molecule has 116 valence electrons. The SMILES string of the molecule is C/C(=N\NC(=O)COc1cc(C)cc(C)c1)c1ccc(C)o1. The summed E-state index contributed by atoms with van der Waals surface area (Å²) in [6, 6.07) is 9.48. The van der Waals surface area contributed by atoms with Crippen LogP contribution in [0.3, 0.4) is 0 Å². The molecule has 1 N–H and O–H groups in total. The van der Waals surface area contributed by atoms with Crippen molar-refractivity contribution in [3.05, 3.63) is 53.0 Å². The molecule has 1 amide bonds. The van der Waals surface area contributed by atoms with E-state index in [1.807, 2.05) is 51.1 Å². The molecule has 1 aromatic carbocycles. The molecule has 2 rings (SSSR count). The third-order valence-electron chi connectivity index (χ3n) is 3.01. The molecule has 22 heavy (non-hydrogen) atoms. The average molecular weight is 300 g/mol. The molecule has 0 saturated heterocycles. The van der Waals surface area contributed by atoms with Crippen LogP contribution in [0.1, 0.15) is 29.6 Å². The molecule has 0 saturated carbocycles. The summed E-state index contributed by atoms with van der Waals surface area (Å²) in [5.74, 6) is 1.79. The number of hydrogen-bond donors (Lipinski definition) is 1. The minimum absolute atomic E-state index is 0.0865. The van der Waals surface area contributed by atoms with Crippen LogP contribution in [0.2, 0.25) is 0 Å². The van der Waals surface area contributed by atoms with Crippen LogP contribution in [-0.4, -0.2) is 18.2 Å². The van der Waals surface area contributed by atoms with Gasteiger partial charge in [0.2, 0.25) is 0 Å². The van der Waals surface area contributed by atoms with E-state index >= 15 is 0 Å². The highest BCUT2D eigenvalue weighted by atomic mass is 16.5. The molecular formula is C17H20N2O3. The van der Waals surface area contributed by atoms with Gasteiger partial charge in [-0.2, -0.15) is 5.10 Å². The maximum absolute atomic E-state index is 11.8. The minimum Gasteiger partial charge on any atom is -0.484 e. The Morgan fingerprint density at radius 2 is 1.86 bits per heavy atom. The second-order valence-electron chi connectivity index (χ2n) is 5.25. The maximum atomic E-state index is 11.8. The fourth-order valence-corrected chi connectivity index (χ4v) is 2.03. The van der Waals surface area contributed by atoms with Crippen LogP contribution in [0.15, 0.2) is 39.9 Å². The normalized spacial score (nSPS) is 11.4. The fraction of sp³-hybridized carbons (Fsp3) is 0.294. The first-order chi connectivity index (χ1) is 10.4. The van der Waals surface area contributed by atoms with Crippen molar-refractivity contribution in [3.8, 4) is 5.75 Å². The number of carbonyl (C=O) groups excluding carboxylic acids is 1. The number of ether oxygens (including phenoxy) is 1. The number of hydrogen-bond acceptors (Lipinski definition) is 4. The van der Waals surface area contributed by atoms with Gasteiger partial charge in [0, 0.05) is 0 Å². The second-order valence-corrected chi connectivity index (χ2v) is 5.25. The number of benzene rings is 1. The van der Waals surface area contributed by atoms with Crippen LogP contribution in [0.5, 0.6) is 5.75 Å². The second kappa shape index (κ2) is 6.93. The quantitative estimate of drug-likeness (QED) is 0.681. The van der Waals surface area contributed by atoms with E-state index < -0.39 is 0 Å². The molecule has 0 bridgehead atoms. The van der Waals surface area contributed by atoms with Crippen LogP contribution in [0.25, 0.3) is 0 Å². The first-order valence-corrected chi connectivity index (χ1v) is 7.05. The predicted octanol–water partition coefficient (Wildman–Crippen LogP) is 3.12. The first kappa shape index (κ1) is 15.8. The average Bonchev–Trinajstić information content (AvgIpc) is 2.88. The molecular weight excluding hydrogens is 280 g/mol. The highest BCUT2D eigenvalue weighted by molar-refractivity contribution is 5.96. The van der Waals surface area contributed by atoms with Crippen molar-refractivity contribution in [2.24, 2.45) is 5.10 Å². The number of nitrogens with one attached hydrogen (secondary N) is 1. The summed E-state index contributed by atoms with van der Waals surface area (Å²) in [5.41, 5.74) is 5.25. The van der Waals surface area contributed by atoms with E-state index in [0.717, 1.165) is 16.9 Å². The van der Waals surface area contributed by atoms with Gasteiger partial charge in [0.15, 0.2) is 6.61 Å². The lowest BCUT2D eigenvalue weighted by atomic mass is 10.1. The molecule has 2 aromatic rings. The number of carbonyl (C=O) groups is 1. The molecule has 0 fully saturated rings. The Labute approximate surface area is 130 Å². The zero-order chi connectivity index (χ0) is 16.1. The van der Waals surface area contributed by atoms with Crippen molar-refractivity contribution in [2.45, 2.75) is 27.7 Å². The van der Waals surface area contributed by atoms with E-state index in [0.29, 0.717) is 17.2 Å². The number of hydrazone groups is 1. The summed E-state index contributed by atoms with van der Waals surface area (Å²) in [6.45, 7) is 7.51. The highest BCUT2D eigenvalue weighted by Gasteiger charge is 2.05. The Bertz CT molecular complexity index is 681. The summed E-state index contributed by atoms with van der Waals surface area (Å²) in [6.07, 6.45) is 0. The number of amides is 1. The fourth-order valence-electron chi connectivity index (χ4n) is 2.03. The van der Waals surface area contributed by atoms with Gasteiger partial charge >= 0.3 is 0 Å². The standard InChI is InChI=1S/C17H20N2O3/c1-11-7-12(2)9-15(8-11)21-10-17(20)19-18-14(4)16-6-5-13(3)22-16/h5-9H,10H2,1-4H3,(H,19,20)/b18-14+. The molecule has 5 nitrogen and oxygen atoms in total. The van der Waals surface area contributed by atoms with Gasteiger partial charge < -0.3 is 9.15 Å². The van der Waals surface area contributed by atoms with Crippen molar-refractivity contribution in [1.29, 1.82) is 0 Å². The summed E-state index contributed by atoms with van der Waals surface area (Å²) in [4.78, 5) is 11.8. The Kier molecular flexibility index (Phi) is 4.99. The van der Waals surface area contributed by atoms with Gasteiger partial charge in [-0.05, 0) is 63.1 Å². The van der Waals surface area contributed by atoms with Crippen molar-refractivity contribution in [1.82, 2.24) is 5.43 Å². The van der Waals surface area contributed by atoms with Gasteiger partial charge in [0.05, 0.1) is 0 Å². The summed E-state index contributed by atoms with van der Waals surface area (Å²) < 4.78 is 10.9. The zero-order valence-electron chi connectivity index (χ0n) is 13.3. The van der Waals surface area contributed by atoms with Gasteiger partial charge in [-0.25, -0.2) is 5.43 Å². The van der Waals surface area contributed by atoms with Gasteiger partial charge in [-0.15, -0.1) is 0 Å². The number of nitrogens with zero attached hydrogens (tertiary/aromatic N) is 1. The topological polar surface area (TPSA) is 63.8 Å². The molecule has 0 radical (unpaired) electrons. The lowest BCUT2D eigenvalue weighted by molar-refractivity contribution is -0.123. The van der Waals surface area contributed by atoms with Crippen molar-refractivity contribution < 1.29 is 13.9 Å². The lowest BCUT2D eigenvalue weighted by Gasteiger charge is -2.07. The van der Waals surface area contributed by atoms with Crippen LogP contribution in [0, 0.1) is 20.8 Å². The van der Waals surface area contributed by atoms with E-state index in [1.54, 1.807) is 6.92 Å². The molecule has 5 heteroatoms. The third-order valence-corrected chi connectivity index (χ3v) is 3.01. The minimum atomic E-state index is -0.318. The number of furan rings is 1. The summed E-state index contributed by atoms with van der Waals surface area (Å²) in [7, 11) is 0. The highest BCUT2D eigenvalue weighted by Crippen LogP contribution is 2.15. The van der Waals surface area contributed by atoms with E-state index in [2.05, 4.69) is 10.5 Å². The van der Waals surface area contributed by atoms with E-state index in [4.69, 9.17) is 9.15 Å². The molecule has 0 aliphatic heterocycles. The van der Waals surface area contributed by atoms with Gasteiger partial charge in [-0.1, -0.05) is 6.07 Å². The van der Waals surface area contributed by atoms with Gasteiger partial charge in [-0.3, -0.25) is 4.79 Å². The molecule has 0 atom stereocenters. The molecule has 1 aromatic heterocycles. The first-order valence-electron chi connectivity index (χ1n) is 7.05. The third kappa shape index (κ3) is 4.48. The molecule has 0 aliphatic rings. The maximum Gasteiger partial charge on any atom is 0.277 e. The van der Waals surface area contributed by atoms with E-state index in [1.165, 1.54) is 0 Å². The molecule has 1 heterocycles. The zero-order valence-corrected chi connectivity index (χ0v) is 13.3. The largest absolute Gasteiger partial charge is 0.484 e. The lowest BCUT2D eigenvalue weighted by Crippen LogP contribution is -2.25. The van der Waals surface area contributed by atoms with Crippen molar-refractivity contribution in [3.63, 3.8) is 0 Å². The smallest absolute Gasteiger partial charge is 0.277 e. The van der Waals surface area contributed by atoms with Crippen molar-refractivity contribution in [2.75, 3.05) is 6.61 Å². The number of aryl methyl sites for hydroxylation is 3.